The van der Waals surface area contributed by atoms with Crippen LogP contribution in [-0.4, -0.2) is 5.78 Å². The van der Waals surface area contributed by atoms with Crippen molar-refractivity contribution in [2.75, 3.05) is 0 Å². The molecule has 0 N–H and O–H groups in total. The Bertz CT molecular complexity index is 495. The number of Topliss-reactive ketones (excluding diaryl/α,β-unsaturated/α-hetero) is 1. The summed E-state index contributed by atoms with van der Waals surface area (Å²) in [6.45, 7) is 0. The Morgan fingerprint density at radius 2 is 1.11 bits per heavy atom. The molecule has 0 heterocycles. The highest BCUT2D eigenvalue weighted by Gasteiger charge is 2.28. The first-order chi connectivity index (χ1) is 9.33. The summed E-state index contributed by atoms with van der Waals surface area (Å²) in [5.41, 5.74) is 2.60. The second-order valence-electron chi connectivity index (χ2n) is 5.40. The minimum Gasteiger partial charge on any atom is -0.300 e. The number of carbonyl (C=O) groups is 1. The van der Waals surface area contributed by atoms with Gasteiger partial charge in [0.2, 0.25) is 0 Å². The van der Waals surface area contributed by atoms with Crippen LogP contribution in [0, 0.1) is 0 Å². The molecule has 1 heteroatoms. The van der Waals surface area contributed by atoms with Gasteiger partial charge in [-0.1, -0.05) is 60.7 Å². The van der Waals surface area contributed by atoms with Crippen LogP contribution < -0.4 is 0 Å². The summed E-state index contributed by atoms with van der Waals surface area (Å²) in [4.78, 5) is 12.0. The van der Waals surface area contributed by atoms with Crippen molar-refractivity contribution < 1.29 is 4.79 Å². The van der Waals surface area contributed by atoms with Crippen LogP contribution in [0.1, 0.15) is 42.2 Å². The molecular formula is C18H18O. The number of rotatable bonds is 2. The van der Waals surface area contributed by atoms with E-state index in [9.17, 15) is 4.79 Å². The third-order valence-corrected chi connectivity index (χ3v) is 4.06. The van der Waals surface area contributed by atoms with Crippen LogP contribution in [0.5, 0.6) is 0 Å². The monoisotopic (exact) mass is 250 g/mol. The summed E-state index contributed by atoms with van der Waals surface area (Å²) in [6, 6.07) is 20.9. The van der Waals surface area contributed by atoms with Gasteiger partial charge in [0.05, 0.1) is 0 Å². The van der Waals surface area contributed by atoms with Crippen molar-refractivity contribution >= 4 is 5.78 Å². The van der Waals surface area contributed by atoms with E-state index in [4.69, 9.17) is 0 Å². The van der Waals surface area contributed by atoms with E-state index in [2.05, 4.69) is 48.5 Å². The smallest absolute Gasteiger partial charge is 0.134 e. The molecule has 0 radical (unpaired) electrons. The van der Waals surface area contributed by atoms with Gasteiger partial charge in [0.25, 0.3) is 0 Å². The molecule has 0 bridgehead atoms. The lowest BCUT2D eigenvalue weighted by atomic mass is 9.75. The lowest BCUT2D eigenvalue weighted by molar-refractivity contribution is -0.121. The summed E-state index contributed by atoms with van der Waals surface area (Å²) < 4.78 is 0. The Morgan fingerprint density at radius 1 is 0.684 bits per heavy atom. The first kappa shape index (κ1) is 12.2. The normalized spacial score (nSPS) is 23.3. The standard InChI is InChI=1S/C18H18O/c19-18-12-16(14-7-3-1-4-8-14)11-17(13-18)15-9-5-2-6-10-15/h1-10,16-17H,11-13H2/t16-,17?/m1/s1. The number of benzene rings is 2. The predicted octanol–water partition coefficient (Wildman–Crippen LogP) is 4.31. The summed E-state index contributed by atoms with van der Waals surface area (Å²) in [6.07, 6.45) is 2.49. The lowest BCUT2D eigenvalue weighted by Gasteiger charge is -2.29. The zero-order chi connectivity index (χ0) is 13.1. The summed E-state index contributed by atoms with van der Waals surface area (Å²) >= 11 is 0. The predicted molar refractivity (Wildman–Crippen MR) is 77.2 cm³/mol. The van der Waals surface area contributed by atoms with E-state index in [0.29, 0.717) is 30.5 Å². The van der Waals surface area contributed by atoms with Crippen LogP contribution in [0.4, 0.5) is 0 Å². The molecule has 96 valence electrons. The van der Waals surface area contributed by atoms with Crippen molar-refractivity contribution in [2.24, 2.45) is 0 Å². The number of carbonyl (C=O) groups excluding carboxylic acids is 1. The molecule has 1 aliphatic carbocycles. The Hall–Kier alpha value is -1.89. The second-order valence-corrected chi connectivity index (χ2v) is 5.40. The fourth-order valence-corrected chi connectivity index (χ4v) is 3.10. The zero-order valence-electron chi connectivity index (χ0n) is 11.0. The van der Waals surface area contributed by atoms with Gasteiger partial charge in [0, 0.05) is 12.8 Å². The number of hydrogen-bond donors (Lipinski definition) is 0. The highest BCUT2D eigenvalue weighted by molar-refractivity contribution is 5.81. The Kier molecular flexibility index (Phi) is 3.45. The van der Waals surface area contributed by atoms with Gasteiger partial charge in [-0.3, -0.25) is 4.79 Å². The van der Waals surface area contributed by atoms with Crippen molar-refractivity contribution in [3.8, 4) is 0 Å². The Labute approximate surface area is 114 Å². The van der Waals surface area contributed by atoms with Crippen LogP contribution >= 0.6 is 0 Å². The number of hydrogen-bond acceptors (Lipinski definition) is 1. The largest absolute Gasteiger partial charge is 0.300 e. The van der Waals surface area contributed by atoms with Gasteiger partial charge in [0.1, 0.15) is 5.78 Å². The molecule has 0 saturated heterocycles. The molecule has 0 amide bonds. The average molecular weight is 250 g/mol. The van der Waals surface area contributed by atoms with E-state index < -0.39 is 0 Å². The SMILES string of the molecule is O=C1CC(c2ccccc2)C[C@@H](c2ccccc2)C1. The highest BCUT2D eigenvalue weighted by atomic mass is 16.1. The van der Waals surface area contributed by atoms with Crippen molar-refractivity contribution in [1.82, 2.24) is 0 Å². The maximum Gasteiger partial charge on any atom is 0.134 e. The average Bonchev–Trinajstić information content (AvgIpc) is 2.48. The fraction of sp³-hybridized carbons (Fsp3) is 0.278. The van der Waals surface area contributed by atoms with Gasteiger partial charge in [-0.25, -0.2) is 0 Å². The van der Waals surface area contributed by atoms with Crippen LogP contribution in [0.2, 0.25) is 0 Å². The van der Waals surface area contributed by atoms with Gasteiger partial charge < -0.3 is 0 Å². The van der Waals surface area contributed by atoms with Gasteiger partial charge >= 0.3 is 0 Å². The molecule has 1 fully saturated rings. The van der Waals surface area contributed by atoms with Crippen molar-refractivity contribution in [3.05, 3.63) is 71.8 Å². The fourth-order valence-electron chi connectivity index (χ4n) is 3.10. The maximum absolute atomic E-state index is 12.0. The van der Waals surface area contributed by atoms with Gasteiger partial charge in [-0.2, -0.15) is 0 Å². The molecule has 2 aromatic carbocycles. The molecule has 1 aliphatic rings. The van der Waals surface area contributed by atoms with Crippen molar-refractivity contribution in [3.63, 3.8) is 0 Å². The first-order valence-corrected chi connectivity index (χ1v) is 6.94. The minimum absolute atomic E-state index is 0.382. The quantitative estimate of drug-likeness (QED) is 0.776. The highest BCUT2D eigenvalue weighted by Crippen LogP contribution is 2.39. The molecule has 0 aliphatic heterocycles. The van der Waals surface area contributed by atoms with Crippen LogP contribution in [0.15, 0.2) is 60.7 Å². The summed E-state index contributed by atoms with van der Waals surface area (Å²) in [5, 5.41) is 0. The van der Waals surface area contributed by atoms with Crippen molar-refractivity contribution in [2.45, 2.75) is 31.1 Å². The second kappa shape index (κ2) is 5.40. The molecule has 2 atom stereocenters. The Morgan fingerprint density at radius 3 is 1.53 bits per heavy atom. The molecule has 3 rings (SSSR count). The molecule has 0 spiro atoms. The van der Waals surface area contributed by atoms with Crippen LogP contribution in [-0.2, 0) is 4.79 Å². The zero-order valence-corrected chi connectivity index (χ0v) is 11.0. The van der Waals surface area contributed by atoms with Crippen LogP contribution in [0.3, 0.4) is 0 Å². The maximum atomic E-state index is 12.0. The summed E-state index contributed by atoms with van der Waals surface area (Å²) in [5.74, 6) is 1.16. The van der Waals surface area contributed by atoms with E-state index in [-0.39, 0.29) is 0 Å². The lowest BCUT2D eigenvalue weighted by Crippen LogP contribution is -2.20. The first-order valence-electron chi connectivity index (χ1n) is 6.94. The molecule has 1 unspecified atom stereocenters. The molecule has 2 aromatic rings. The van der Waals surface area contributed by atoms with Crippen molar-refractivity contribution in [1.29, 1.82) is 0 Å². The molecule has 1 saturated carbocycles. The number of ketones is 1. The van der Waals surface area contributed by atoms with E-state index >= 15 is 0 Å². The van der Waals surface area contributed by atoms with E-state index in [1.165, 1.54) is 11.1 Å². The minimum atomic E-state index is 0.382. The third-order valence-electron chi connectivity index (χ3n) is 4.06. The molecular weight excluding hydrogens is 232 g/mol. The van der Waals surface area contributed by atoms with Crippen LogP contribution in [0.25, 0.3) is 0 Å². The van der Waals surface area contributed by atoms with E-state index in [1.807, 2.05) is 12.1 Å². The topological polar surface area (TPSA) is 17.1 Å². The van der Waals surface area contributed by atoms with Gasteiger partial charge in [-0.15, -0.1) is 0 Å². The molecule has 0 aromatic heterocycles. The van der Waals surface area contributed by atoms with E-state index in [1.54, 1.807) is 0 Å². The van der Waals surface area contributed by atoms with Gasteiger partial charge in [0.15, 0.2) is 0 Å². The van der Waals surface area contributed by atoms with Gasteiger partial charge in [-0.05, 0) is 29.4 Å². The molecule has 19 heavy (non-hydrogen) atoms. The Balaban J connectivity index is 1.84. The third kappa shape index (κ3) is 2.76. The molecule has 1 nitrogen and oxygen atoms in total. The van der Waals surface area contributed by atoms with E-state index in [0.717, 1.165) is 6.42 Å². The summed E-state index contributed by atoms with van der Waals surface area (Å²) in [7, 11) is 0.